The zero-order valence-electron chi connectivity index (χ0n) is 19.8. The summed E-state index contributed by atoms with van der Waals surface area (Å²) in [6, 6.07) is 1.45. The van der Waals surface area contributed by atoms with E-state index in [0.29, 0.717) is 11.4 Å². The molecule has 0 aliphatic carbocycles. The normalized spacial score (nSPS) is 19.6. The molecule has 0 aromatic heterocycles. The number of hydrogen-bond donors (Lipinski definition) is 3. The van der Waals surface area contributed by atoms with Gasteiger partial charge in [-0.1, -0.05) is 39.3 Å². The van der Waals surface area contributed by atoms with E-state index in [1.807, 2.05) is 0 Å². The van der Waals surface area contributed by atoms with Gasteiger partial charge in [0, 0.05) is 11.6 Å². The fourth-order valence-electron chi connectivity index (χ4n) is 3.88. The number of carbonyl (C=O) groups is 2. The number of sulfonamides is 1. The number of rotatable bonds is 9. The Labute approximate surface area is 208 Å². The number of benzene rings is 1. The van der Waals surface area contributed by atoms with Crippen LogP contribution in [0.15, 0.2) is 29.2 Å². The van der Waals surface area contributed by atoms with Gasteiger partial charge in [0.1, 0.15) is 12.1 Å². The molecule has 13 heteroatoms. The average molecular weight is 542 g/mol. The molecule has 2 amide bonds. The number of carbonyl (C=O) groups excluding carboxylic acids is 2. The third-order valence-electron chi connectivity index (χ3n) is 5.88. The van der Waals surface area contributed by atoms with Gasteiger partial charge in [-0.15, -0.1) is 0 Å². The molecule has 1 aromatic carbocycles. The van der Waals surface area contributed by atoms with Crippen LogP contribution in [0, 0.1) is 11.8 Å². The van der Waals surface area contributed by atoms with Gasteiger partial charge < -0.3 is 15.3 Å². The largest absolute Gasteiger partial charge is 0.416 e. The Hall–Kier alpha value is -1.89. The monoisotopic (exact) mass is 541 g/mol. The molecule has 2 rings (SSSR count). The summed E-state index contributed by atoms with van der Waals surface area (Å²) in [7, 11) is -4.11. The zero-order valence-corrected chi connectivity index (χ0v) is 21.4. The van der Waals surface area contributed by atoms with Gasteiger partial charge in [-0.25, -0.2) is 8.42 Å². The number of aliphatic hydroxyl groups excluding tert-OH is 1. The SMILES string of the molecule is CC(C)C(NC(=O)[C@@H]1CCCN1C(=O)[C@@H](NS(=O)(=O)c1ccc(Cl)cc1)C(C)C)C(O)C(F)(F)F. The number of likely N-dealkylation sites (tertiary alicyclic amines) is 1. The van der Waals surface area contributed by atoms with Crippen molar-refractivity contribution in [2.75, 3.05) is 6.54 Å². The number of alkyl halides is 3. The number of nitrogens with zero attached hydrogens (tertiary/aromatic N) is 1. The lowest BCUT2D eigenvalue weighted by Gasteiger charge is -2.33. The lowest BCUT2D eigenvalue weighted by atomic mass is 9.97. The molecular weight excluding hydrogens is 511 g/mol. The first-order valence-corrected chi connectivity index (χ1v) is 13.1. The van der Waals surface area contributed by atoms with Gasteiger partial charge in [0.2, 0.25) is 21.8 Å². The van der Waals surface area contributed by atoms with Gasteiger partial charge in [-0.3, -0.25) is 9.59 Å². The van der Waals surface area contributed by atoms with E-state index in [2.05, 4.69) is 10.0 Å². The molecule has 0 saturated carbocycles. The predicted molar refractivity (Wildman–Crippen MR) is 124 cm³/mol. The van der Waals surface area contributed by atoms with Crippen LogP contribution in [0.5, 0.6) is 0 Å². The summed E-state index contributed by atoms with van der Waals surface area (Å²) in [6.07, 6.45) is -7.10. The zero-order chi connectivity index (χ0) is 26.7. The highest BCUT2D eigenvalue weighted by Crippen LogP contribution is 2.27. The maximum absolute atomic E-state index is 13.3. The van der Waals surface area contributed by atoms with Gasteiger partial charge in [-0.2, -0.15) is 17.9 Å². The third kappa shape index (κ3) is 7.31. The van der Waals surface area contributed by atoms with Crippen LogP contribution in [0.4, 0.5) is 13.2 Å². The van der Waals surface area contributed by atoms with Crippen molar-refractivity contribution in [3.05, 3.63) is 29.3 Å². The van der Waals surface area contributed by atoms with Crippen LogP contribution in [0.2, 0.25) is 5.02 Å². The van der Waals surface area contributed by atoms with E-state index in [4.69, 9.17) is 11.6 Å². The summed E-state index contributed by atoms with van der Waals surface area (Å²) in [4.78, 5) is 27.3. The van der Waals surface area contributed by atoms with Crippen LogP contribution in [-0.4, -0.2) is 67.2 Å². The van der Waals surface area contributed by atoms with Crippen LogP contribution in [0.3, 0.4) is 0 Å². The molecular formula is C22H31ClF3N3O5S. The maximum Gasteiger partial charge on any atom is 0.416 e. The topological polar surface area (TPSA) is 116 Å². The molecule has 8 nitrogen and oxygen atoms in total. The standard InChI is InChI=1S/C22H31ClF3N3O5S/c1-12(2)17(19(30)22(24,25)26)27-20(31)16-6-5-11-29(16)21(32)18(13(3)4)28-35(33,34)15-9-7-14(23)8-10-15/h7-10,12-13,16-19,28,30H,5-6,11H2,1-4H3,(H,27,31)/t16-,17?,18-,19?/m0/s1. The highest BCUT2D eigenvalue weighted by atomic mass is 35.5. The van der Waals surface area contributed by atoms with E-state index < -0.39 is 64.1 Å². The number of amides is 2. The quantitative estimate of drug-likeness (QED) is 0.444. The molecule has 1 aliphatic rings. The number of aliphatic hydroxyl groups is 1. The first kappa shape index (κ1) is 29.3. The molecule has 1 heterocycles. The molecule has 35 heavy (non-hydrogen) atoms. The molecule has 1 aromatic rings. The molecule has 4 atom stereocenters. The summed E-state index contributed by atoms with van der Waals surface area (Å²) in [6.45, 7) is 6.26. The van der Waals surface area contributed by atoms with E-state index >= 15 is 0 Å². The van der Waals surface area contributed by atoms with Crippen molar-refractivity contribution < 1.29 is 36.3 Å². The van der Waals surface area contributed by atoms with Crippen LogP contribution in [0.1, 0.15) is 40.5 Å². The maximum atomic E-state index is 13.3. The third-order valence-corrected chi connectivity index (χ3v) is 7.59. The van der Waals surface area contributed by atoms with E-state index in [9.17, 15) is 36.3 Å². The fraction of sp³-hybridized carbons (Fsp3) is 0.636. The molecule has 2 unspecified atom stereocenters. The second kappa shape index (κ2) is 11.4. The van der Waals surface area contributed by atoms with Crippen LogP contribution < -0.4 is 10.0 Å². The van der Waals surface area contributed by atoms with Gasteiger partial charge in [-0.05, 0) is 48.9 Å². The summed E-state index contributed by atoms with van der Waals surface area (Å²) in [5.41, 5.74) is 0. The van der Waals surface area contributed by atoms with Crippen LogP contribution >= 0.6 is 11.6 Å². The van der Waals surface area contributed by atoms with E-state index in [0.717, 1.165) is 0 Å². The Bertz CT molecular complexity index is 1000. The van der Waals surface area contributed by atoms with Crippen molar-refractivity contribution in [2.24, 2.45) is 11.8 Å². The molecule has 0 spiro atoms. The van der Waals surface area contributed by atoms with Crippen LogP contribution in [0.25, 0.3) is 0 Å². The number of nitrogens with one attached hydrogen (secondary N) is 2. The van der Waals surface area contributed by atoms with E-state index in [1.165, 1.54) is 43.0 Å². The molecule has 3 N–H and O–H groups in total. The Balaban J connectivity index is 2.23. The lowest BCUT2D eigenvalue weighted by molar-refractivity contribution is -0.215. The lowest BCUT2D eigenvalue weighted by Crippen LogP contribution is -2.59. The van der Waals surface area contributed by atoms with Crippen molar-refractivity contribution in [1.82, 2.24) is 14.9 Å². The number of hydrogen-bond acceptors (Lipinski definition) is 5. The summed E-state index contributed by atoms with van der Waals surface area (Å²) in [5.74, 6) is -2.73. The van der Waals surface area contributed by atoms with Crippen LogP contribution in [-0.2, 0) is 19.6 Å². The minimum Gasteiger partial charge on any atom is -0.382 e. The van der Waals surface area contributed by atoms with Gasteiger partial charge in [0.05, 0.1) is 10.9 Å². The van der Waals surface area contributed by atoms with Gasteiger partial charge in [0.15, 0.2) is 6.10 Å². The summed E-state index contributed by atoms with van der Waals surface area (Å²) in [5, 5.41) is 12.3. The van der Waals surface area contributed by atoms with Crippen molar-refractivity contribution in [3.8, 4) is 0 Å². The second-order valence-electron chi connectivity index (χ2n) is 9.25. The fourth-order valence-corrected chi connectivity index (χ4v) is 5.34. The molecule has 1 fully saturated rings. The first-order chi connectivity index (χ1) is 16.1. The Morgan fingerprint density at radius 2 is 1.69 bits per heavy atom. The van der Waals surface area contributed by atoms with Crippen molar-refractivity contribution in [3.63, 3.8) is 0 Å². The predicted octanol–water partition coefficient (Wildman–Crippen LogP) is 2.70. The Kier molecular flexibility index (Phi) is 9.59. The molecule has 198 valence electrons. The molecule has 0 radical (unpaired) electrons. The van der Waals surface area contributed by atoms with Crippen molar-refractivity contribution in [2.45, 2.75) is 75.8 Å². The molecule has 1 aliphatic heterocycles. The van der Waals surface area contributed by atoms with E-state index in [1.54, 1.807) is 13.8 Å². The van der Waals surface area contributed by atoms with Crippen molar-refractivity contribution in [1.29, 1.82) is 0 Å². The smallest absolute Gasteiger partial charge is 0.382 e. The minimum atomic E-state index is -4.93. The summed E-state index contributed by atoms with van der Waals surface area (Å²) < 4.78 is 67.3. The Morgan fingerprint density at radius 3 is 2.17 bits per heavy atom. The minimum absolute atomic E-state index is 0.100. The summed E-state index contributed by atoms with van der Waals surface area (Å²) >= 11 is 5.81. The van der Waals surface area contributed by atoms with Gasteiger partial charge in [0.25, 0.3) is 0 Å². The second-order valence-corrected chi connectivity index (χ2v) is 11.4. The first-order valence-electron chi connectivity index (χ1n) is 11.2. The average Bonchev–Trinajstić information content (AvgIpc) is 3.24. The number of halogens is 4. The highest BCUT2D eigenvalue weighted by molar-refractivity contribution is 7.89. The van der Waals surface area contributed by atoms with Crippen molar-refractivity contribution >= 4 is 33.4 Å². The van der Waals surface area contributed by atoms with E-state index in [-0.39, 0.29) is 17.9 Å². The molecule has 0 bridgehead atoms. The molecule has 1 saturated heterocycles. The Morgan fingerprint density at radius 1 is 1.11 bits per heavy atom. The highest BCUT2D eigenvalue weighted by Gasteiger charge is 2.47. The van der Waals surface area contributed by atoms with Gasteiger partial charge >= 0.3 is 6.18 Å².